The van der Waals surface area contributed by atoms with E-state index in [0.29, 0.717) is 0 Å². The Balaban J connectivity index is 0.000000182. The van der Waals surface area contributed by atoms with Crippen molar-refractivity contribution in [1.29, 1.82) is 0 Å². The van der Waals surface area contributed by atoms with Gasteiger partial charge in [0.1, 0.15) is 0 Å². The van der Waals surface area contributed by atoms with Crippen LogP contribution in [0.15, 0.2) is 35.8 Å². The quantitative estimate of drug-likeness (QED) is 0.0932. The van der Waals surface area contributed by atoms with E-state index in [1.165, 1.54) is 66.1 Å². The van der Waals surface area contributed by atoms with Crippen molar-refractivity contribution < 1.29 is 47.0 Å². The molecule has 0 spiro atoms. The molecule has 0 saturated carbocycles. The SMILES string of the molecule is Cc1nc2c(ccc3c(C)c(C)c(C)nc32)c(C)c1C.Cc1nc2c(ccc3c(C)c(C)c(C)nc32)c(C)c1C.O=C1OC(C(O)C[O-])C(O)=C1O.[Cu]. The minimum Gasteiger partial charge on any atom is -0.853 e. The summed E-state index contributed by atoms with van der Waals surface area (Å²) in [6.45, 7) is 24.6. The van der Waals surface area contributed by atoms with E-state index in [0.717, 1.165) is 44.8 Å². The Bertz CT molecular complexity index is 2180. The Morgan fingerprint density at radius 2 is 0.830 bits per heavy atom. The Morgan fingerprint density at radius 3 is 1.04 bits per heavy atom. The summed E-state index contributed by atoms with van der Waals surface area (Å²) >= 11 is 0. The first-order valence-electron chi connectivity index (χ1n) is 17.3. The van der Waals surface area contributed by atoms with Crippen molar-refractivity contribution in [2.45, 2.75) is 95.3 Å². The third-order valence-electron chi connectivity index (χ3n) is 10.9. The van der Waals surface area contributed by atoms with Crippen molar-refractivity contribution in [2.75, 3.05) is 6.61 Å². The van der Waals surface area contributed by atoms with E-state index in [9.17, 15) is 9.90 Å². The molecule has 2 atom stereocenters. The van der Waals surface area contributed by atoms with E-state index in [-0.39, 0.29) is 17.1 Å². The number of aryl methyl sites for hydroxylation is 8. The summed E-state index contributed by atoms with van der Waals surface area (Å²) in [7, 11) is 0. The molecular weight excluding hydrogens is 720 g/mol. The fraction of sp³-hybridized carbons (Fsp3) is 0.357. The van der Waals surface area contributed by atoms with Gasteiger partial charge in [0.15, 0.2) is 11.9 Å². The summed E-state index contributed by atoms with van der Waals surface area (Å²) in [6, 6.07) is 8.76. The molecule has 1 aliphatic rings. The molecule has 0 aliphatic carbocycles. The third kappa shape index (κ3) is 7.31. The van der Waals surface area contributed by atoms with Crippen molar-refractivity contribution in [3.63, 3.8) is 0 Å². The van der Waals surface area contributed by atoms with Gasteiger partial charge in [0, 0.05) is 61.4 Å². The van der Waals surface area contributed by atoms with E-state index in [4.69, 9.17) is 35.3 Å². The first-order chi connectivity index (χ1) is 24.4. The molecule has 7 rings (SSSR count). The second-order valence-corrected chi connectivity index (χ2v) is 13.8. The van der Waals surface area contributed by atoms with E-state index in [1.54, 1.807) is 0 Å². The molecule has 1 radical (unpaired) electrons. The molecule has 6 aromatic rings. The Morgan fingerprint density at radius 1 is 0.566 bits per heavy atom. The number of ether oxygens (including phenoxy) is 1. The molecule has 2 unspecified atom stereocenters. The molecule has 0 fully saturated rings. The molecule has 2 aromatic carbocycles. The number of carbonyl (C=O) groups is 1. The smallest absolute Gasteiger partial charge is 0.377 e. The zero-order valence-corrected chi connectivity index (χ0v) is 33.3. The maximum atomic E-state index is 10.5. The second-order valence-electron chi connectivity index (χ2n) is 13.8. The van der Waals surface area contributed by atoms with Gasteiger partial charge in [-0.3, -0.25) is 19.9 Å². The van der Waals surface area contributed by atoms with Gasteiger partial charge in [-0.15, -0.1) is 6.61 Å². The van der Waals surface area contributed by atoms with Gasteiger partial charge >= 0.3 is 5.97 Å². The first-order valence-corrected chi connectivity index (χ1v) is 17.3. The number of benzene rings is 2. The molecule has 283 valence electrons. The molecule has 11 heteroatoms. The van der Waals surface area contributed by atoms with Gasteiger partial charge in [-0.05, 0) is 128 Å². The van der Waals surface area contributed by atoms with Crippen molar-refractivity contribution in [3.05, 3.63) is 103 Å². The molecule has 53 heavy (non-hydrogen) atoms. The number of cyclic esters (lactones) is 1. The topological polar surface area (TPSA) is 162 Å². The third-order valence-corrected chi connectivity index (χ3v) is 10.9. The summed E-state index contributed by atoms with van der Waals surface area (Å²) in [5.74, 6) is -2.87. The number of esters is 1. The fourth-order valence-corrected chi connectivity index (χ4v) is 6.54. The number of hydrogen-bond donors (Lipinski definition) is 3. The molecule has 0 saturated heterocycles. The van der Waals surface area contributed by atoms with Crippen LogP contribution in [0.5, 0.6) is 0 Å². The number of carbonyl (C=O) groups excluding carboxylic acids is 1. The van der Waals surface area contributed by atoms with Gasteiger partial charge in [-0.2, -0.15) is 0 Å². The summed E-state index contributed by atoms with van der Waals surface area (Å²) in [4.78, 5) is 29.8. The molecule has 4 aromatic heterocycles. The standard InChI is InChI=1S/2C18H20N2.C6H7O6.Cu/c2*1-9-11(3)15-7-8-16-12(4)10(2)14(6)20-18(16)17(15)19-13(9)5;7-1-2(8)5-3(9)4(10)6(11)12-5;/h2*7-8H,1-6H3;2,5,8-10H,1H2;/q;;-1;. The average Bonchev–Trinajstić information content (AvgIpc) is 3.38. The summed E-state index contributed by atoms with van der Waals surface area (Å²) < 4.78 is 4.28. The summed E-state index contributed by atoms with van der Waals surface area (Å²) in [5.41, 5.74) is 18.9. The predicted octanol–water partition coefficient (Wildman–Crippen LogP) is 7.23. The van der Waals surface area contributed by atoms with Crippen LogP contribution in [-0.2, 0) is 26.6 Å². The van der Waals surface area contributed by atoms with Gasteiger partial charge in [-0.1, -0.05) is 24.3 Å². The van der Waals surface area contributed by atoms with Crippen molar-refractivity contribution in [2.24, 2.45) is 0 Å². The van der Waals surface area contributed by atoms with Crippen LogP contribution in [0, 0.1) is 83.1 Å². The van der Waals surface area contributed by atoms with Crippen LogP contribution in [0.25, 0.3) is 43.6 Å². The van der Waals surface area contributed by atoms with E-state index >= 15 is 0 Å². The zero-order valence-electron chi connectivity index (χ0n) is 32.3. The van der Waals surface area contributed by atoms with Crippen LogP contribution in [-0.4, -0.2) is 60.0 Å². The Labute approximate surface area is 320 Å². The van der Waals surface area contributed by atoms with Gasteiger partial charge in [-0.25, -0.2) is 4.79 Å². The average molecular weight is 767 g/mol. The molecule has 3 N–H and O–H groups in total. The van der Waals surface area contributed by atoms with Gasteiger partial charge in [0.25, 0.3) is 0 Å². The van der Waals surface area contributed by atoms with Crippen LogP contribution >= 0.6 is 0 Å². The minimum absolute atomic E-state index is 0. The first kappa shape index (κ1) is 41.1. The van der Waals surface area contributed by atoms with Crippen LogP contribution in [0.1, 0.15) is 67.3 Å². The van der Waals surface area contributed by atoms with Crippen LogP contribution in [0.3, 0.4) is 0 Å². The summed E-state index contributed by atoms with van der Waals surface area (Å²) in [5, 5.41) is 41.5. The number of aliphatic hydroxyl groups is 3. The Kier molecular flexibility index (Phi) is 12.2. The number of aliphatic hydroxyl groups excluding tert-OH is 3. The number of pyridine rings is 4. The van der Waals surface area contributed by atoms with Gasteiger partial charge < -0.3 is 25.2 Å². The molecule has 0 amide bonds. The Hall–Kier alpha value is -4.67. The maximum absolute atomic E-state index is 10.5. The van der Waals surface area contributed by atoms with Crippen LogP contribution in [0.4, 0.5) is 0 Å². The molecule has 5 heterocycles. The van der Waals surface area contributed by atoms with Crippen molar-refractivity contribution >= 4 is 49.6 Å². The van der Waals surface area contributed by atoms with Gasteiger partial charge in [0.05, 0.1) is 28.2 Å². The number of nitrogens with zero attached hydrogens (tertiary/aromatic N) is 4. The molecule has 0 bridgehead atoms. The van der Waals surface area contributed by atoms with E-state index in [1.807, 2.05) is 0 Å². The number of hydrogen-bond acceptors (Lipinski definition) is 10. The van der Waals surface area contributed by atoms with E-state index < -0.39 is 36.3 Å². The van der Waals surface area contributed by atoms with Crippen molar-refractivity contribution in [1.82, 2.24) is 19.9 Å². The minimum atomic E-state index is -1.53. The summed E-state index contributed by atoms with van der Waals surface area (Å²) in [6.07, 6.45) is -2.95. The molecule has 10 nitrogen and oxygen atoms in total. The van der Waals surface area contributed by atoms with Crippen LogP contribution < -0.4 is 5.11 Å². The number of aromatic nitrogens is 4. The monoisotopic (exact) mass is 766 g/mol. The second kappa shape index (κ2) is 15.7. The largest absolute Gasteiger partial charge is 0.853 e. The van der Waals surface area contributed by atoms with Crippen molar-refractivity contribution in [3.8, 4) is 0 Å². The predicted molar refractivity (Wildman–Crippen MR) is 204 cm³/mol. The van der Waals surface area contributed by atoms with Gasteiger partial charge in [0.2, 0.25) is 5.76 Å². The molecule has 1 aliphatic heterocycles. The number of rotatable bonds is 2. The number of fused-ring (bicyclic) bond motifs is 6. The van der Waals surface area contributed by atoms with E-state index in [2.05, 4.69) is 112 Å². The van der Waals surface area contributed by atoms with Crippen LogP contribution in [0.2, 0.25) is 0 Å². The molecular formula is C42H47CuN4O6-. The normalized spacial score (nSPS) is 14.5. The fourth-order valence-electron chi connectivity index (χ4n) is 6.54. The zero-order chi connectivity index (χ0) is 38.5. The maximum Gasteiger partial charge on any atom is 0.377 e.